The van der Waals surface area contributed by atoms with E-state index in [1.807, 2.05) is 0 Å². The van der Waals surface area contributed by atoms with Gasteiger partial charge in [-0.3, -0.25) is 9.59 Å². The lowest BCUT2D eigenvalue weighted by molar-refractivity contribution is -0.143. The minimum Gasteiger partial charge on any atom is -0.466 e. The van der Waals surface area contributed by atoms with Gasteiger partial charge in [-0.15, -0.1) is 0 Å². The maximum atomic E-state index is 12.4. The monoisotopic (exact) mass is 748 g/mol. The summed E-state index contributed by atoms with van der Waals surface area (Å²) in [7, 11) is 0. The molecule has 0 aromatic carbocycles. The van der Waals surface area contributed by atoms with Crippen LogP contribution in [0.4, 0.5) is 0 Å². The molecule has 2 unspecified atom stereocenters. The first-order chi connectivity index (χ1) is 26.0. The Labute approximate surface area is 329 Å². The normalized spacial score (nSPS) is 12.9. The SMILES string of the molecule is CCCCC/C=C\CCCCCCCC(=O)OCCCCC/C=C\CCCCCCCC(=O)NC(CO)C(O)CCCCCCCCCCCCCC. The zero-order valence-electron chi connectivity index (χ0n) is 35.2. The number of carbonyl (C=O) groups excluding carboxylic acids is 2. The molecule has 0 aromatic heterocycles. The fourth-order valence-corrected chi connectivity index (χ4v) is 6.86. The summed E-state index contributed by atoms with van der Waals surface area (Å²) in [5, 5.41) is 23.1. The van der Waals surface area contributed by atoms with Crippen molar-refractivity contribution in [3.05, 3.63) is 24.3 Å². The summed E-state index contributed by atoms with van der Waals surface area (Å²) in [5.74, 6) is -0.0965. The van der Waals surface area contributed by atoms with E-state index < -0.39 is 12.1 Å². The van der Waals surface area contributed by atoms with Gasteiger partial charge in [0.2, 0.25) is 5.91 Å². The Bertz CT molecular complexity index is 828. The number of aliphatic hydroxyl groups is 2. The molecule has 0 rings (SSSR count). The number of hydrogen-bond donors (Lipinski definition) is 3. The third-order valence-electron chi connectivity index (χ3n) is 10.5. The summed E-state index contributed by atoms with van der Waals surface area (Å²) in [6, 6.07) is -0.558. The summed E-state index contributed by atoms with van der Waals surface area (Å²) in [5.41, 5.74) is 0. The van der Waals surface area contributed by atoms with Gasteiger partial charge in [0.05, 0.1) is 25.4 Å². The molecule has 0 saturated carbocycles. The zero-order chi connectivity index (χ0) is 38.7. The van der Waals surface area contributed by atoms with Crippen LogP contribution < -0.4 is 5.32 Å². The maximum Gasteiger partial charge on any atom is 0.305 e. The Morgan fingerprint density at radius 2 is 0.887 bits per heavy atom. The lowest BCUT2D eigenvalue weighted by atomic mass is 10.0. The van der Waals surface area contributed by atoms with Crippen molar-refractivity contribution in [2.75, 3.05) is 13.2 Å². The molecule has 6 heteroatoms. The second-order valence-electron chi connectivity index (χ2n) is 15.7. The molecule has 53 heavy (non-hydrogen) atoms. The van der Waals surface area contributed by atoms with Crippen LogP contribution in [0.2, 0.25) is 0 Å². The van der Waals surface area contributed by atoms with E-state index in [1.165, 1.54) is 128 Å². The molecule has 0 fully saturated rings. The lowest BCUT2D eigenvalue weighted by Gasteiger charge is -2.22. The van der Waals surface area contributed by atoms with Gasteiger partial charge in [0.1, 0.15) is 0 Å². The van der Waals surface area contributed by atoms with Gasteiger partial charge in [-0.1, -0.05) is 167 Å². The molecule has 0 aliphatic carbocycles. The second kappa shape index (κ2) is 43.1. The van der Waals surface area contributed by atoms with Crippen LogP contribution in [0, 0.1) is 0 Å². The highest BCUT2D eigenvalue weighted by atomic mass is 16.5. The molecule has 0 heterocycles. The van der Waals surface area contributed by atoms with E-state index in [-0.39, 0.29) is 18.5 Å². The number of carbonyl (C=O) groups is 2. The molecule has 0 saturated heterocycles. The molecule has 0 aliphatic rings. The smallest absolute Gasteiger partial charge is 0.305 e. The predicted octanol–water partition coefficient (Wildman–Crippen LogP) is 13.2. The van der Waals surface area contributed by atoms with E-state index in [2.05, 4.69) is 43.5 Å². The van der Waals surface area contributed by atoms with E-state index in [0.717, 1.165) is 77.0 Å². The third-order valence-corrected chi connectivity index (χ3v) is 10.5. The van der Waals surface area contributed by atoms with Crippen LogP contribution in [-0.2, 0) is 14.3 Å². The third kappa shape index (κ3) is 39.8. The molecule has 2 atom stereocenters. The van der Waals surface area contributed by atoms with Crippen LogP contribution in [0.15, 0.2) is 24.3 Å². The number of unbranched alkanes of at least 4 members (excludes halogenated alkanes) is 27. The molecule has 0 spiro atoms. The van der Waals surface area contributed by atoms with Crippen molar-refractivity contribution in [2.24, 2.45) is 0 Å². The van der Waals surface area contributed by atoms with Gasteiger partial charge in [0, 0.05) is 12.8 Å². The summed E-state index contributed by atoms with van der Waals surface area (Å²) in [6.45, 7) is 4.85. The molecule has 3 N–H and O–H groups in total. The van der Waals surface area contributed by atoms with Crippen LogP contribution >= 0.6 is 0 Å². The number of esters is 1. The number of ether oxygens (including phenoxy) is 1. The zero-order valence-corrected chi connectivity index (χ0v) is 35.2. The largest absolute Gasteiger partial charge is 0.466 e. The first-order valence-electron chi connectivity index (χ1n) is 23.1. The topological polar surface area (TPSA) is 95.9 Å². The Kier molecular flexibility index (Phi) is 41.7. The Hall–Kier alpha value is -1.66. The molecular weight excluding hydrogens is 659 g/mol. The van der Waals surface area contributed by atoms with Gasteiger partial charge in [-0.2, -0.15) is 0 Å². The van der Waals surface area contributed by atoms with Gasteiger partial charge in [-0.05, 0) is 83.5 Å². The van der Waals surface area contributed by atoms with Gasteiger partial charge in [0.25, 0.3) is 0 Å². The van der Waals surface area contributed by atoms with E-state index in [1.54, 1.807) is 0 Å². The van der Waals surface area contributed by atoms with Gasteiger partial charge in [0.15, 0.2) is 0 Å². The Balaban J connectivity index is 3.53. The summed E-state index contributed by atoms with van der Waals surface area (Å²) < 4.78 is 5.42. The summed E-state index contributed by atoms with van der Waals surface area (Å²) >= 11 is 0. The predicted molar refractivity (Wildman–Crippen MR) is 227 cm³/mol. The van der Waals surface area contributed by atoms with Crippen molar-refractivity contribution in [3.63, 3.8) is 0 Å². The van der Waals surface area contributed by atoms with Crippen LogP contribution in [0.1, 0.15) is 239 Å². The van der Waals surface area contributed by atoms with Gasteiger partial charge < -0.3 is 20.3 Å². The molecule has 312 valence electrons. The van der Waals surface area contributed by atoms with Crippen LogP contribution in [0.3, 0.4) is 0 Å². The molecule has 0 aromatic rings. The highest BCUT2D eigenvalue weighted by molar-refractivity contribution is 5.76. The molecule has 0 aliphatic heterocycles. The molecular formula is C47H89NO5. The van der Waals surface area contributed by atoms with Crippen LogP contribution in [0.5, 0.6) is 0 Å². The number of rotatable bonds is 42. The maximum absolute atomic E-state index is 12.4. The Morgan fingerprint density at radius 3 is 1.38 bits per heavy atom. The van der Waals surface area contributed by atoms with E-state index in [4.69, 9.17) is 4.74 Å². The van der Waals surface area contributed by atoms with Crippen LogP contribution in [0.25, 0.3) is 0 Å². The minimum absolute atomic E-state index is 0.0336. The summed E-state index contributed by atoms with van der Waals surface area (Å²) in [6.07, 6.45) is 48.5. The number of amides is 1. The quantitative estimate of drug-likeness (QED) is 0.0328. The van der Waals surface area contributed by atoms with Gasteiger partial charge >= 0.3 is 5.97 Å². The molecule has 1 amide bonds. The second-order valence-corrected chi connectivity index (χ2v) is 15.7. The minimum atomic E-state index is -0.679. The standard InChI is InChI=1S/C47H89NO5/c1-3-5-7-9-11-13-15-19-23-27-31-35-39-45(50)44(43-49)48-46(51)40-36-32-28-24-20-17-18-22-26-30-34-38-42-53-47(52)41-37-33-29-25-21-16-14-12-10-8-6-4-2/h12,14,18,22,44-45,49-50H,3-11,13,15-17,19-21,23-43H2,1-2H3,(H,48,51)/b14-12-,22-18-. The van der Waals surface area contributed by atoms with Crippen molar-refractivity contribution in [1.82, 2.24) is 5.32 Å². The molecule has 0 radical (unpaired) electrons. The van der Waals surface area contributed by atoms with Gasteiger partial charge in [-0.25, -0.2) is 0 Å². The van der Waals surface area contributed by atoms with Crippen molar-refractivity contribution in [1.29, 1.82) is 0 Å². The van der Waals surface area contributed by atoms with Crippen molar-refractivity contribution >= 4 is 11.9 Å². The number of nitrogens with one attached hydrogen (secondary N) is 1. The van der Waals surface area contributed by atoms with Crippen molar-refractivity contribution in [2.45, 2.75) is 251 Å². The molecule has 0 bridgehead atoms. The highest BCUT2D eigenvalue weighted by Gasteiger charge is 2.20. The average Bonchev–Trinajstić information content (AvgIpc) is 3.16. The fraction of sp³-hybridized carbons (Fsp3) is 0.872. The van der Waals surface area contributed by atoms with Crippen molar-refractivity contribution < 1.29 is 24.5 Å². The first-order valence-corrected chi connectivity index (χ1v) is 23.1. The van der Waals surface area contributed by atoms with E-state index in [9.17, 15) is 19.8 Å². The van der Waals surface area contributed by atoms with Crippen LogP contribution in [-0.4, -0.2) is 47.4 Å². The summed E-state index contributed by atoms with van der Waals surface area (Å²) in [4.78, 5) is 24.3. The first kappa shape index (κ1) is 51.3. The van der Waals surface area contributed by atoms with E-state index in [0.29, 0.717) is 25.9 Å². The average molecular weight is 748 g/mol. The number of hydrogen-bond acceptors (Lipinski definition) is 5. The number of aliphatic hydroxyl groups excluding tert-OH is 2. The molecule has 6 nitrogen and oxygen atoms in total. The van der Waals surface area contributed by atoms with E-state index >= 15 is 0 Å². The lowest BCUT2D eigenvalue weighted by Crippen LogP contribution is -2.45. The highest BCUT2D eigenvalue weighted by Crippen LogP contribution is 2.15. The number of allylic oxidation sites excluding steroid dienone is 4. The van der Waals surface area contributed by atoms with Crippen molar-refractivity contribution in [3.8, 4) is 0 Å². The fourth-order valence-electron chi connectivity index (χ4n) is 6.86. The Morgan fingerprint density at radius 1 is 0.509 bits per heavy atom.